The molecule has 1 aromatic heterocycles. The molecule has 2 rings (SSSR count). The molecule has 0 radical (unpaired) electrons. The Morgan fingerprint density at radius 2 is 2.06 bits per heavy atom. The van der Waals surface area contributed by atoms with E-state index >= 15 is 0 Å². The van der Waals surface area contributed by atoms with Crippen LogP contribution in [0, 0.1) is 13.8 Å². The van der Waals surface area contributed by atoms with Gasteiger partial charge in [0.2, 0.25) is 0 Å². The smallest absolute Gasteiger partial charge is 0.0225 e. The summed E-state index contributed by atoms with van der Waals surface area (Å²) in [6, 6.07) is 3.07. The second-order valence-electron chi connectivity index (χ2n) is 4.91. The quantitative estimate of drug-likeness (QED) is 0.887. The van der Waals surface area contributed by atoms with Gasteiger partial charge in [0.1, 0.15) is 0 Å². The van der Waals surface area contributed by atoms with E-state index in [1.54, 1.807) is 0 Å². The molecule has 17 heavy (non-hydrogen) atoms. The van der Waals surface area contributed by atoms with Gasteiger partial charge in [-0.2, -0.15) is 11.8 Å². The van der Waals surface area contributed by atoms with Crippen LogP contribution in [-0.2, 0) is 13.1 Å². The van der Waals surface area contributed by atoms with Crippen molar-refractivity contribution in [2.45, 2.75) is 52.7 Å². The molecule has 1 aliphatic heterocycles. The Hall–Kier alpha value is -0.410. The van der Waals surface area contributed by atoms with E-state index in [4.69, 9.17) is 0 Å². The highest BCUT2D eigenvalue weighted by atomic mass is 32.2. The molecule has 2 heterocycles. The predicted octanol–water partition coefficient (Wildman–Crippen LogP) is 3.11. The van der Waals surface area contributed by atoms with E-state index in [2.05, 4.69) is 48.5 Å². The Kier molecular flexibility index (Phi) is 4.57. The molecule has 0 bridgehead atoms. The monoisotopic (exact) mass is 252 g/mol. The highest BCUT2D eigenvalue weighted by Gasteiger charge is 2.14. The maximum Gasteiger partial charge on any atom is 0.0225 e. The van der Waals surface area contributed by atoms with E-state index in [9.17, 15) is 0 Å². The highest BCUT2D eigenvalue weighted by molar-refractivity contribution is 7.99. The molecule has 1 aliphatic rings. The minimum atomic E-state index is 0.737. The van der Waals surface area contributed by atoms with Crippen LogP contribution in [0.15, 0.2) is 6.07 Å². The summed E-state index contributed by atoms with van der Waals surface area (Å²) >= 11 is 2.09. The first-order valence-corrected chi connectivity index (χ1v) is 7.84. The molecule has 1 aromatic rings. The van der Waals surface area contributed by atoms with Gasteiger partial charge in [-0.3, -0.25) is 0 Å². The van der Waals surface area contributed by atoms with Crippen LogP contribution >= 0.6 is 11.8 Å². The molecular weight excluding hydrogens is 228 g/mol. The fraction of sp³-hybridized carbons (Fsp3) is 0.714. The van der Waals surface area contributed by atoms with Gasteiger partial charge in [0, 0.05) is 30.5 Å². The van der Waals surface area contributed by atoms with E-state index in [0.29, 0.717) is 0 Å². The number of nitrogens with zero attached hydrogens (tertiary/aromatic N) is 1. The van der Waals surface area contributed by atoms with E-state index < -0.39 is 0 Å². The maximum atomic E-state index is 3.72. The number of nitrogens with one attached hydrogen (secondary N) is 1. The molecule has 0 aromatic carbocycles. The Morgan fingerprint density at radius 1 is 1.35 bits per heavy atom. The molecule has 0 amide bonds. The lowest BCUT2D eigenvalue weighted by atomic mass is 10.1. The van der Waals surface area contributed by atoms with Crippen LogP contribution in [0.4, 0.5) is 0 Å². The molecular formula is C14H24N2S. The lowest BCUT2D eigenvalue weighted by molar-refractivity contribution is 0.481. The third kappa shape index (κ3) is 3.08. The van der Waals surface area contributed by atoms with Gasteiger partial charge < -0.3 is 9.88 Å². The summed E-state index contributed by atoms with van der Waals surface area (Å²) < 4.78 is 2.40. The molecule has 1 saturated heterocycles. The Balaban J connectivity index is 1.94. The summed E-state index contributed by atoms with van der Waals surface area (Å²) in [5.74, 6) is 2.65. The fourth-order valence-electron chi connectivity index (χ4n) is 2.69. The third-order valence-corrected chi connectivity index (χ3v) is 4.85. The number of hydrogen-bond acceptors (Lipinski definition) is 2. The first-order valence-electron chi connectivity index (χ1n) is 6.69. The summed E-state index contributed by atoms with van der Waals surface area (Å²) in [5, 5.41) is 3.72. The Bertz CT molecular complexity index is 365. The molecule has 0 spiro atoms. The predicted molar refractivity (Wildman–Crippen MR) is 76.8 cm³/mol. The molecule has 0 unspecified atom stereocenters. The molecule has 0 saturated carbocycles. The van der Waals surface area contributed by atoms with Gasteiger partial charge in [-0.15, -0.1) is 0 Å². The van der Waals surface area contributed by atoms with Crippen LogP contribution in [0.5, 0.6) is 0 Å². The number of thioether (sulfide) groups is 1. The van der Waals surface area contributed by atoms with Crippen molar-refractivity contribution in [2.24, 2.45) is 0 Å². The highest BCUT2D eigenvalue weighted by Crippen LogP contribution is 2.19. The zero-order chi connectivity index (χ0) is 12.3. The van der Waals surface area contributed by atoms with E-state index in [1.165, 1.54) is 41.3 Å². The molecule has 1 fully saturated rings. The van der Waals surface area contributed by atoms with E-state index in [0.717, 1.165) is 19.1 Å². The molecule has 96 valence electrons. The summed E-state index contributed by atoms with van der Waals surface area (Å²) in [6.45, 7) is 8.78. The summed E-state index contributed by atoms with van der Waals surface area (Å²) in [7, 11) is 0. The van der Waals surface area contributed by atoms with Gasteiger partial charge in [-0.25, -0.2) is 0 Å². The van der Waals surface area contributed by atoms with Crippen molar-refractivity contribution in [3.63, 3.8) is 0 Å². The second-order valence-corrected chi connectivity index (χ2v) is 6.13. The summed E-state index contributed by atoms with van der Waals surface area (Å²) in [4.78, 5) is 0. The van der Waals surface area contributed by atoms with Crippen LogP contribution in [0.3, 0.4) is 0 Å². The third-order valence-electron chi connectivity index (χ3n) is 3.80. The topological polar surface area (TPSA) is 17.0 Å². The lowest BCUT2D eigenvalue weighted by Gasteiger charge is -2.22. The van der Waals surface area contributed by atoms with Crippen molar-refractivity contribution in [3.8, 4) is 0 Å². The molecule has 2 nitrogen and oxygen atoms in total. The van der Waals surface area contributed by atoms with Crippen LogP contribution in [0.2, 0.25) is 0 Å². The molecule has 0 aliphatic carbocycles. The molecule has 3 heteroatoms. The first kappa shape index (κ1) is 13.0. The Morgan fingerprint density at radius 3 is 2.65 bits per heavy atom. The number of rotatable bonds is 4. The first-order chi connectivity index (χ1) is 8.22. The standard InChI is InChI=1S/C14H24N2S/c1-4-16-11(2)9-13(12(16)3)10-15-14-5-7-17-8-6-14/h9,14-15H,4-8,10H2,1-3H3. The minimum absolute atomic E-state index is 0.737. The van der Waals surface area contributed by atoms with Gasteiger partial charge in [0.15, 0.2) is 0 Å². The average molecular weight is 252 g/mol. The van der Waals surface area contributed by atoms with Crippen molar-refractivity contribution < 1.29 is 0 Å². The molecule has 1 N–H and O–H groups in total. The van der Waals surface area contributed by atoms with Crippen LogP contribution < -0.4 is 5.32 Å². The number of aromatic nitrogens is 1. The lowest BCUT2D eigenvalue weighted by Crippen LogP contribution is -2.32. The van der Waals surface area contributed by atoms with Crippen molar-refractivity contribution in [2.75, 3.05) is 11.5 Å². The van der Waals surface area contributed by atoms with Crippen molar-refractivity contribution in [1.29, 1.82) is 0 Å². The van der Waals surface area contributed by atoms with Crippen LogP contribution in [-0.4, -0.2) is 22.1 Å². The van der Waals surface area contributed by atoms with Gasteiger partial charge >= 0.3 is 0 Å². The largest absolute Gasteiger partial charge is 0.349 e. The van der Waals surface area contributed by atoms with E-state index in [-0.39, 0.29) is 0 Å². The van der Waals surface area contributed by atoms with Crippen LogP contribution in [0.25, 0.3) is 0 Å². The SMILES string of the molecule is CCn1c(C)cc(CNC2CCSCC2)c1C. The fourth-order valence-corrected chi connectivity index (χ4v) is 3.80. The van der Waals surface area contributed by atoms with Crippen LogP contribution in [0.1, 0.15) is 36.7 Å². The normalized spacial score (nSPS) is 17.6. The van der Waals surface area contributed by atoms with Crippen molar-refractivity contribution in [1.82, 2.24) is 9.88 Å². The summed E-state index contributed by atoms with van der Waals surface area (Å²) in [5.41, 5.74) is 4.30. The minimum Gasteiger partial charge on any atom is -0.349 e. The number of aryl methyl sites for hydroxylation is 1. The van der Waals surface area contributed by atoms with Gasteiger partial charge in [-0.1, -0.05) is 0 Å². The molecule has 0 atom stereocenters. The van der Waals surface area contributed by atoms with Crippen molar-refractivity contribution in [3.05, 3.63) is 23.0 Å². The van der Waals surface area contributed by atoms with Gasteiger partial charge in [0.25, 0.3) is 0 Å². The van der Waals surface area contributed by atoms with Crippen molar-refractivity contribution >= 4 is 11.8 Å². The van der Waals surface area contributed by atoms with Gasteiger partial charge in [-0.05, 0) is 56.7 Å². The second kappa shape index (κ2) is 5.96. The zero-order valence-corrected chi connectivity index (χ0v) is 12.1. The maximum absolute atomic E-state index is 3.72. The Labute approximate surface area is 109 Å². The summed E-state index contributed by atoms with van der Waals surface area (Å²) in [6.07, 6.45) is 2.66. The zero-order valence-electron chi connectivity index (χ0n) is 11.3. The number of hydrogen-bond donors (Lipinski definition) is 1. The van der Waals surface area contributed by atoms with Gasteiger partial charge in [0.05, 0.1) is 0 Å². The average Bonchev–Trinajstić information content (AvgIpc) is 2.63. The van der Waals surface area contributed by atoms with E-state index in [1.807, 2.05) is 0 Å².